The van der Waals surface area contributed by atoms with Gasteiger partial charge in [0.25, 0.3) is 0 Å². The Kier molecular flexibility index (Phi) is 7.68. The Morgan fingerprint density at radius 3 is 2.26 bits per heavy atom. The number of benzene rings is 1. The molecule has 1 N–H and O–H groups in total. The molecule has 0 saturated carbocycles. The lowest BCUT2D eigenvalue weighted by Gasteiger charge is -1.99. The quantitative estimate of drug-likeness (QED) is 0.804. The molecular formula is C15H23FN2O. The maximum atomic E-state index is 13.2. The lowest BCUT2D eigenvalue weighted by molar-refractivity contribution is 0.112. The van der Waals surface area contributed by atoms with E-state index in [0.29, 0.717) is 11.1 Å². The number of fused-ring (bicyclic) bond motifs is 1. The molecule has 0 spiro atoms. The summed E-state index contributed by atoms with van der Waals surface area (Å²) in [5, 5.41) is 3.56. The van der Waals surface area contributed by atoms with Crippen LogP contribution in [-0.2, 0) is 7.05 Å². The molecule has 106 valence electrons. The number of aryl methyl sites for hydroxylation is 2. The van der Waals surface area contributed by atoms with Gasteiger partial charge in [-0.2, -0.15) is 0 Å². The van der Waals surface area contributed by atoms with Gasteiger partial charge in [0.1, 0.15) is 5.82 Å². The highest BCUT2D eigenvalue weighted by atomic mass is 19.1. The summed E-state index contributed by atoms with van der Waals surface area (Å²) in [6.07, 6.45) is 2.50. The van der Waals surface area contributed by atoms with Gasteiger partial charge in [0, 0.05) is 24.2 Å². The van der Waals surface area contributed by atoms with Crippen molar-refractivity contribution in [2.75, 3.05) is 14.1 Å². The summed E-state index contributed by atoms with van der Waals surface area (Å²) in [6, 6.07) is 3.16. The summed E-state index contributed by atoms with van der Waals surface area (Å²) >= 11 is 0. The Hall–Kier alpha value is -1.68. The maximum Gasteiger partial charge on any atom is 0.152 e. The minimum Gasteiger partial charge on any atom is -0.350 e. The van der Waals surface area contributed by atoms with Crippen LogP contribution in [0.15, 0.2) is 18.3 Å². The Morgan fingerprint density at radius 2 is 1.79 bits per heavy atom. The number of hydrogen-bond donors (Lipinski definition) is 1. The average molecular weight is 266 g/mol. The monoisotopic (exact) mass is 266 g/mol. The second-order valence-electron chi connectivity index (χ2n) is 3.93. The predicted molar refractivity (Wildman–Crippen MR) is 79.3 cm³/mol. The molecule has 1 heterocycles. The largest absolute Gasteiger partial charge is 0.350 e. The molecule has 2 rings (SSSR count). The highest BCUT2D eigenvalue weighted by Gasteiger charge is 2.08. The second kappa shape index (κ2) is 8.43. The predicted octanol–water partition coefficient (Wildman–Crippen LogP) is 3.30. The van der Waals surface area contributed by atoms with Crippen molar-refractivity contribution in [2.45, 2.75) is 20.8 Å². The summed E-state index contributed by atoms with van der Waals surface area (Å²) in [4.78, 5) is 10.7. The van der Waals surface area contributed by atoms with Gasteiger partial charge in [-0.1, -0.05) is 13.8 Å². The van der Waals surface area contributed by atoms with Gasteiger partial charge < -0.3 is 9.88 Å². The van der Waals surface area contributed by atoms with Crippen molar-refractivity contribution in [1.29, 1.82) is 0 Å². The lowest BCUT2D eigenvalue weighted by atomic mass is 10.1. The van der Waals surface area contributed by atoms with E-state index >= 15 is 0 Å². The Morgan fingerprint density at radius 1 is 1.26 bits per heavy atom. The van der Waals surface area contributed by atoms with Gasteiger partial charge in [0.05, 0.1) is 5.52 Å². The van der Waals surface area contributed by atoms with Crippen LogP contribution in [0.4, 0.5) is 4.39 Å². The first-order valence-corrected chi connectivity index (χ1v) is 6.34. The molecule has 3 nitrogen and oxygen atoms in total. The van der Waals surface area contributed by atoms with Gasteiger partial charge >= 0.3 is 0 Å². The van der Waals surface area contributed by atoms with Crippen LogP contribution in [0.25, 0.3) is 10.9 Å². The molecule has 0 bridgehead atoms. The van der Waals surface area contributed by atoms with Crippen molar-refractivity contribution >= 4 is 17.2 Å². The number of carbonyl (C=O) groups excluding carboxylic acids is 1. The van der Waals surface area contributed by atoms with E-state index in [0.717, 1.165) is 17.2 Å². The Labute approximate surface area is 114 Å². The third-order valence-corrected chi connectivity index (χ3v) is 2.43. The van der Waals surface area contributed by atoms with Crippen LogP contribution < -0.4 is 5.32 Å². The topological polar surface area (TPSA) is 34.0 Å². The van der Waals surface area contributed by atoms with Crippen LogP contribution in [-0.4, -0.2) is 24.9 Å². The molecule has 0 fully saturated rings. The van der Waals surface area contributed by atoms with Crippen LogP contribution in [0.2, 0.25) is 0 Å². The van der Waals surface area contributed by atoms with E-state index < -0.39 is 0 Å². The van der Waals surface area contributed by atoms with Crippen LogP contribution in [0.3, 0.4) is 0 Å². The van der Waals surface area contributed by atoms with Gasteiger partial charge in [-0.05, 0) is 38.7 Å². The molecule has 4 heteroatoms. The summed E-state index contributed by atoms with van der Waals surface area (Å²) in [5.74, 6) is -0.240. The first-order chi connectivity index (χ1) is 9.04. The van der Waals surface area contributed by atoms with Gasteiger partial charge in [0.15, 0.2) is 6.29 Å². The van der Waals surface area contributed by atoms with E-state index in [1.807, 2.05) is 27.9 Å². The number of nitrogens with zero attached hydrogens (tertiary/aromatic N) is 1. The highest BCUT2D eigenvalue weighted by molar-refractivity contribution is 5.97. The van der Waals surface area contributed by atoms with Crippen LogP contribution >= 0.6 is 0 Å². The molecule has 19 heavy (non-hydrogen) atoms. The average Bonchev–Trinajstić information content (AvgIpc) is 2.70. The number of aldehydes is 1. The second-order valence-corrected chi connectivity index (χ2v) is 3.93. The fourth-order valence-electron chi connectivity index (χ4n) is 1.64. The molecule has 0 amide bonds. The first-order valence-electron chi connectivity index (χ1n) is 6.34. The highest BCUT2D eigenvalue weighted by Crippen LogP contribution is 2.22. The van der Waals surface area contributed by atoms with E-state index in [-0.39, 0.29) is 5.82 Å². The van der Waals surface area contributed by atoms with E-state index in [1.165, 1.54) is 6.07 Å². The van der Waals surface area contributed by atoms with Crippen molar-refractivity contribution < 1.29 is 9.18 Å². The number of carbonyl (C=O) groups is 1. The minimum absolute atomic E-state index is 0.240. The maximum absolute atomic E-state index is 13.2. The lowest BCUT2D eigenvalue weighted by Crippen LogP contribution is -1.89. The molecule has 0 aliphatic heterocycles. The third kappa shape index (κ3) is 4.17. The molecule has 0 saturated heterocycles. The van der Waals surface area contributed by atoms with E-state index in [2.05, 4.69) is 5.32 Å². The number of halogens is 1. The normalized spacial score (nSPS) is 9.21. The molecule has 0 aliphatic carbocycles. The fourth-order valence-corrected chi connectivity index (χ4v) is 1.64. The van der Waals surface area contributed by atoms with E-state index in [9.17, 15) is 9.18 Å². The smallest absolute Gasteiger partial charge is 0.152 e. The SMILES string of the molecule is CC.CNC.Cc1cc2c(C=O)cn(C)c2cc1F. The van der Waals surface area contributed by atoms with Crippen LogP contribution in [0, 0.1) is 12.7 Å². The van der Waals surface area contributed by atoms with Crippen molar-refractivity contribution in [2.24, 2.45) is 7.05 Å². The number of rotatable bonds is 1. The zero-order valence-electron chi connectivity index (χ0n) is 12.5. The van der Waals surface area contributed by atoms with Gasteiger partial charge in [0.2, 0.25) is 0 Å². The third-order valence-electron chi connectivity index (χ3n) is 2.43. The fraction of sp³-hybridized carbons (Fsp3) is 0.400. The van der Waals surface area contributed by atoms with Crippen LogP contribution in [0.1, 0.15) is 29.8 Å². The van der Waals surface area contributed by atoms with Crippen molar-refractivity contribution in [3.05, 3.63) is 35.3 Å². The Balaban J connectivity index is 0.000000573. The number of nitrogens with one attached hydrogen (secondary N) is 1. The van der Waals surface area contributed by atoms with Gasteiger partial charge in [-0.25, -0.2) is 4.39 Å². The van der Waals surface area contributed by atoms with Crippen molar-refractivity contribution in [1.82, 2.24) is 9.88 Å². The zero-order valence-corrected chi connectivity index (χ0v) is 12.5. The molecule has 2 aromatic rings. The number of hydrogen-bond acceptors (Lipinski definition) is 2. The zero-order chi connectivity index (χ0) is 15.0. The van der Waals surface area contributed by atoms with Crippen molar-refractivity contribution in [3.8, 4) is 0 Å². The molecule has 0 unspecified atom stereocenters. The molecule has 1 aromatic heterocycles. The molecule has 0 radical (unpaired) electrons. The van der Waals surface area contributed by atoms with Gasteiger partial charge in [-0.3, -0.25) is 4.79 Å². The summed E-state index contributed by atoms with van der Waals surface area (Å²) in [5.41, 5.74) is 1.91. The molecule has 1 aromatic carbocycles. The summed E-state index contributed by atoms with van der Waals surface area (Å²) < 4.78 is 15.0. The number of aromatic nitrogens is 1. The molecule has 0 aliphatic rings. The molecule has 0 atom stereocenters. The minimum atomic E-state index is -0.240. The summed E-state index contributed by atoms with van der Waals surface area (Å²) in [6.45, 7) is 5.69. The van der Waals surface area contributed by atoms with Crippen LogP contribution in [0.5, 0.6) is 0 Å². The first kappa shape index (κ1) is 17.3. The Bertz CT molecular complexity index is 532. The van der Waals surface area contributed by atoms with Crippen molar-refractivity contribution in [3.63, 3.8) is 0 Å². The standard InChI is InChI=1S/C11H10FNO.C2H7N.C2H6/c1-7-3-9-8(6-14)5-13(2)11(9)4-10(7)12;1-3-2;1-2/h3-6H,1-2H3;3H,1-2H3;1-2H3. The molecular weight excluding hydrogens is 243 g/mol. The van der Waals surface area contributed by atoms with E-state index in [1.54, 1.807) is 30.8 Å². The van der Waals surface area contributed by atoms with Gasteiger partial charge in [-0.15, -0.1) is 0 Å². The van der Waals surface area contributed by atoms with E-state index in [4.69, 9.17) is 0 Å². The summed E-state index contributed by atoms with van der Waals surface area (Å²) in [7, 11) is 5.55.